The number of hydrogen-bond donors (Lipinski definition) is 0. The maximum absolute atomic E-state index is 12.3. The predicted molar refractivity (Wildman–Crippen MR) is 87.1 cm³/mol. The summed E-state index contributed by atoms with van der Waals surface area (Å²) in [4.78, 5) is 12.3. The van der Waals surface area contributed by atoms with Gasteiger partial charge in [-0.3, -0.25) is 0 Å². The molecule has 2 rings (SSSR count). The summed E-state index contributed by atoms with van der Waals surface area (Å²) < 4.78 is 5.78. The number of rotatable bonds is 4. The number of esters is 1. The number of benzene rings is 1. The highest BCUT2D eigenvalue weighted by Gasteiger charge is 2.34. The Morgan fingerprint density at radius 3 is 2.52 bits per heavy atom. The molecule has 0 fully saturated rings. The monoisotopic (exact) mass is 284 g/mol. The lowest BCUT2D eigenvalue weighted by Gasteiger charge is -2.35. The quantitative estimate of drug-likeness (QED) is 0.573. The summed E-state index contributed by atoms with van der Waals surface area (Å²) in [5.41, 5.74) is 2.59. The van der Waals surface area contributed by atoms with Crippen LogP contribution < -0.4 is 0 Å². The zero-order chi connectivity index (χ0) is 15.5. The van der Waals surface area contributed by atoms with Gasteiger partial charge in [-0.1, -0.05) is 36.4 Å². The molecule has 1 atom stereocenters. The van der Waals surface area contributed by atoms with Gasteiger partial charge in [0.05, 0.1) is 5.56 Å². The van der Waals surface area contributed by atoms with Gasteiger partial charge in [-0.25, -0.2) is 4.79 Å². The summed E-state index contributed by atoms with van der Waals surface area (Å²) in [5, 5.41) is 0. The largest absolute Gasteiger partial charge is 0.456 e. The van der Waals surface area contributed by atoms with Crippen LogP contribution in [0.1, 0.15) is 56.0 Å². The van der Waals surface area contributed by atoms with Crippen molar-refractivity contribution in [2.75, 3.05) is 0 Å². The Morgan fingerprint density at radius 2 is 2.00 bits per heavy atom. The Bertz CT molecular complexity index is 549. The van der Waals surface area contributed by atoms with E-state index in [9.17, 15) is 4.79 Å². The fourth-order valence-corrected chi connectivity index (χ4v) is 2.73. The predicted octanol–water partition coefficient (Wildman–Crippen LogP) is 5.01. The molecule has 0 bridgehead atoms. The van der Waals surface area contributed by atoms with E-state index < -0.39 is 5.60 Å². The molecule has 0 aromatic heterocycles. The van der Waals surface area contributed by atoms with Crippen molar-refractivity contribution in [2.24, 2.45) is 5.92 Å². The molecule has 112 valence electrons. The summed E-state index contributed by atoms with van der Waals surface area (Å²) in [6, 6.07) is 7.34. The van der Waals surface area contributed by atoms with Gasteiger partial charge in [0, 0.05) is 5.92 Å². The van der Waals surface area contributed by atoms with Crippen LogP contribution in [0.25, 0.3) is 6.08 Å². The van der Waals surface area contributed by atoms with E-state index >= 15 is 0 Å². The SMILES string of the molecule is C=Cc1ccc(C(=O)OC(C)(C)C2CC=C(C)CC2)cc1. The summed E-state index contributed by atoms with van der Waals surface area (Å²) in [5.74, 6) is 0.138. The zero-order valence-corrected chi connectivity index (χ0v) is 13.2. The molecule has 2 heteroatoms. The molecule has 1 aliphatic carbocycles. The summed E-state index contributed by atoms with van der Waals surface area (Å²) >= 11 is 0. The van der Waals surface area contributed by atoms with Crippen molar-refractivity contribution in [1.82, 2.24) is 0 Å². The molecule has 21 heavy (non-hydrogen) atoms. The van der Waals surface area contributed by atoms with Crippen LogP contribution in [0.3, 0.4) is 0 Å². The van der Waals surface area contributed by atoms with Gasteiger partial charge in [-0.2, -0.15) is 0 Å². The molecule has 0 saturated carbocycles. The smallest absolute Gasteiger partial charge is 0.338 e. The molecule has 2 nitrogen and oxygen atoms in total. The lowest BCUT2D eigenvalue weighted by molar-refractivity contribution is -0.0322. The molecule has 0 N–H and O–H groups in total. The van der Waals surface area contributed by atoms with Gasteiger partial charge in [0.2, 0.25) is 0 Å². The highest BCUT2D eigenvalue weighted by molar-refractivity contribution is 5.89. The first-order chi connectivity index (χ1) is 9.92. The Hall–Kier alpha value is -1.83. The molecular formula is C19H24O2. The second-order valence-corrected chi connectivity index (χ2v) is 6.34. The maximum atomic E-state index is 12.3. The van der Waals surface area contributed by atoms with Crippen molar-refractivity contribution in [3.8, 4) is 0 Å². The van der Waals surface area contributed by atoms with E-state index in [2.05, 4.69) is 19.6 Å². The average Bonchev–Trinajstić information content (AvgIpc) is 2.47. The van der Waals surface area contributed by atoms with E-state index in [0.717, 1.165) is 24.8 Å². The first-order valence-corrected chi connectivity index (χ1v) is 7.54. The van der Waals surface area contributed by atoms with E-state index in [1.807, 2.05) is 26.0 Å². The number of ether oxygens (including phenoxy) is 1. The lowest BCUT2D eigenvalue weighted by Crippen LogP contribution is -2.37. The molecule has 1 unspecified atom stereocenters. The number of hydrogen-bond acceptors (Lipinski definition) is 2. The van der Waals surface area contributed by atoms with Crippen molar-refractivity contribution in [2.45, 2.75) is 45.6 Å². The van der Waals surface area contributed by atoms with Gasteiger partial charge in [0.15, 0.2) is 0 Å². The van der Waals surface area contributed by atoms with Crippen molar-refractivity contribution in [3.05, 3.63) is 53.6 Å². The third-order valence-corrected chi connectivity index (χ3v) is 4.36. The van der Waals surface area contributed by atoms with Crippen LogP contribution in [-0.4, -0.2) is 11.6 Å². The minimum absolute atomic E-state index is 0.248. The Kier molecular flexibility index (Phi) is 4.66. The van der Waals surface area contributed by atoms with Crippen molar-refractivity contribution in [1.29, 1.82) is 0 Å². The van der Waals surface area contributed by atoms with E-state index in [4.69, 9.17) is 4.74 Å². The van der Waals surface area contributed by atoms with Crippen LogP contribution in [0.4, 0.5) is 0 Å². The maximum Gasteiger partial charge on any atom is 0.338 e. The van der Waals surface area contributed by atoms with Gasteiger partial charge in [-0.05, 0) is 57.7 Å². The van der Waals surface area contributed by atoms with Gasteiger partial charge >= 0.3 is 5.97 Å². The molecule has 0 radical (unpaired) electrons. The van der Waals surface area contributed by atoms with Crippen LogP contribution in [0.15, 0.2) is 42.5 Å². The Morgan fingerprint density at radius 1 is 1.33 bits per heavy atom. The van der Waals surface area contributed by atoms with Gasteiger partial charge in [-0.15, -0.1) is 0 Å². The standard InChI is InChI=1S/C19H24O2/c1-5-15-8-10-16(11-9-15)18(20)21-19(3,4)17-12-6-14(2)7-13-17/h5-6,8-11,17H,1,7,12-13H2,2-4H3. The van der Waals surface area contributed by atoms with E-state index in [1.54, 1.807) is 18.2 Å². The Labute approximate surface area is 127 Å². The van der Waals surface area contributed by atoms with Crippen LogP contribution in [-0.2, 0) is 4.74 Å². The van der Waals surface area contributed by atoms with Crippen LogP contribution in [0.2, 0.25) is 0 Å². The molecule has 0 spiro atoms. The molecular weight excluding hydrogens is 260 g/mol. The number of carbonyl (C=O) groups is 1. The first-order valence-electron chi connectivity index (χ1n) is 7.54. The van der Waals surface area contributed by atoms with Gasteiger partial charge in [0.25, 0.3) is 0 Å². The third-order valence-electron chi connectivity index (χ3n) is 4.36. The van der Waals surface area contributed by atoms with Crippen LogP contribution in [0, 0.1) is 5.92 Å². The van der Waals surface area contributed by atoms with E-state index in [0.29, 0.717) is 11.5 Å². The van der Waals surface area contributed by atoms with Gasteiger partial charge < -0.3 is 4.74 Å². The minimum atomic E-state index is -0.439. The van der Waals surface area contributed by atoms with Crippen LogP contribution in [0.5, 0.6) is 0 Å². The normalized spacial score (nSPS) is 18.8. The van der Waals surface area contributed by atoms with E-state index in [-0.39, 0.29) is 5.97 Å². The molecule has 0 aliphatic heterocycles. The van der Waals surface area contributed by atoms with Gasteiger partial charge in [0.1, 0.15) is 5.60 Å². The first kappa shape index (κ1) is 15.6. The molecule has 1 aliphatic rings. The Balaban J connectivity index is 2.04. The average molecular weight is 284 g/mol. The fraction of sp³-hybridized carbons (Fsp3) is 0.421. The molecule has 0 heterocycles. The minimum Gasteiger partial charge on any atom is -0.456 e. The highest BCUT2D eigenvalue weighted by atomic mass is 16.6. The fourth-order valence-electron chi connectivity index (χ4n) is 2.73. The number of allylic oxidation sites excluding steroid dienone is 2. The van der Waals surface area contributed by atoms with Crippen molar-refractivity contribution < 1.29 is 9.53 Å². The zero-order valence-electron chi connectivity index (χ0n) is 13.2. The summed E-state index contributed by atoms with van der Waals surface area (Å²) in [6.07, 6.45) is 7.19. The summed E-state index contributed by atoms with van der Waals surface area (Å²) in [7, 11) is 0. The third kappa shape index (κ3) is 3.84. The summed E-state index contributed by atoms with van der Waals surface area (Å²) in [6.45, 7) is 9.91. The number of carbonyl (C=O) groups excluding carboxylic acids is 1. The van der Waals surface area contributed by atoms with Crippen molar-refractivity contribution >= 4 is 12.0 Å². The highest BCUT2D eigenvalue weighted by Crippen LogP contribution is 2.34. The topological polar surface area (TPSA) is 26.3 Å². The molecule has 0 saturated heterocycles. The van der Waals surface area contributed by atoms with Crippen LogP contribution >= 0.6 is 0 Å². The molecule has 1 aromatic carbocycles. The second-order valence-electron chi connectivity index (χ2n) is 6.34. The van der Waals surface area contributed by atoms with Crippen molar-refractivity contribution in [3.63, 3.8) is 0 Å². The molecule has 0 amide bonds. The lowest BCUT2D eigenvalue weighted by atomic mass is 9.79. The van der Waals surface area contributed by atoms with E-state index in [1.165, 1.54) is 5.57 Å². The second kappa shape index (κ2) is 6.30. The molecule has 1 aromatic rings.